The van der Waals surface area contributed by atoms with Crippen LogP contribution in [0, 0.1) is 12.7 Å². The molecule has 1 saturated heterocycles. The number of aromatic amines is 1. The van der Waals surface area contributed by atoms with Gasteiger partial charge in [0.25, 0.3) is 0 Å². The van der Waals surface area contributed by atoms with E-state index in [1.54, 1.807) is 6.07 Å². The molecule has 0 radical (unpaired) electrons. The van der Waals surface area contributed by atoms with Crippen molar-refractivity contribution >= 4 is 22.4 Å². The van der Waals surface area contributed by atoms with Gasteiger partial charge in [0.15, 0.2) is 0 Å². The van der Waals surface area contributed by atoms with Crippen molar-refractivity contribution in [1.29, 1.82) is 0 Å². The zero-order valence-corrected chi connectivity index (χ0v) is 13.6. The summed E-state index contributed by atoms with van der Waals surface area (Å²) >= 11 is 0. The van der Waals surface area contributed by atoms with Gasteiger partial charge in [-0.1, -0.05) is 12.1 Å². The summed E-state index contributed by atoms with van der Waals surface area (Å²) in [6.07, 6.45) is 1.07. The van der Waals surface area contributed by atoms with Gasteiger partial charge in [-0.3, -0.25) is 0 Å². The molecule has 1 atom stereocenters. The molecule has 24 heavy (non-hydrogen) atoms. The van der Waals surface area contributed by atoms with Crippen molar-refractivity contribution in [3.8, 4) is 11.1 Å². The highest BCUT2D eigenvalue weighted by molar-refractivity contribution is 5.98. The number of aryl methyl sites for hydroxylation is 1. The molecule has 0 spiro atoms. The second kappa shape index (κ2) is 5.83. The Morgan fingerprint density at radius 2 is 2.12 bits per heavy atom. The molecule has 5 N–H and O–H groups in total. The lowest BCUT2D eigenvalue weighted by molar-refractivity contribution is 0.630. The molecular formula is C19H21FN4. The molecule has 4 rings (SSSR count). The highest BCUT2D eigenvalue weighted by Crippen LogP contribution is 2.35. The fourth-order valence-corrected chi connectivity index (χ4v) is 3.52. The standard InChI is InChI=1S/C19H21FN4/c1-11-3-2-4-15(20)19(11)12-7-16(23-13-5-6-22-10-13)14-9-18(21)24-17(14)8-12/h2-4,7-9,13,22-24H,5-6,10,21H2,1H3/t13-/m1/s1. The summed E-state index contributed by atoms with van der Waals surface area (Å²) in [5.74, 6) is 0.405. The van der Waals surface area contributed by atoms with Gasteiger partial charge >= 0.3 is 0 Å². The van der Waals surface area contributed by atoms with Crippen LogP contribution in [0.5, 0.6) is 0 Å². The van der Waals surface area contributed by atoms with Crippen molar-refractivity contribution in [2.24, 2.45) is 0 Å². The second-order valence-electron chi connectivity index (χ2n) is 6.48. The van der Waals surface area contributed by atoms with E-state index in [4.69, 9.17) is 5.73 Å². The highest BCUT2D eigenvalue weighted by atomic mass is 19.1. The van der Waals surface area contributed by atoms with Gasteiger partial charge in [0.05, 0.1) is 0 Å². The largest absolute Gasteiger partial charge is 0.385 e. The first kappa shape index (κ1) is 15.0. The van der Waals surface area contributed by atoms with Gasteiger partial charge < -0.3 is 21.4 Å². The third-order valence-corrected chi connectivity index (χ3v) is 4.69. The minimum Gasteiger partial charge on any atom is -0.385 e. The van der Waals surface area contributed by atoms with Crippen LogP contribution in [0.15, 0.2) is 36.4 Å². The van der Waals surface area contributed by atoms with Gasteiger partial charge in [-0.2, -0.15) is 0 Å². The van der Waals surface area contributed by atoms with Gasteiger partial charge in [0, 0.05) is 34.7 Å². The lowest BCUT2D eigenvalue weighted by Crippen LogP contribution is -2.22. The highest BCUT2D eigenvalue weighted by Gasteiger charge is 2.18. The first-order valence-electron chi connectivity index (χ1n) is 8.27. The zero-order valence-electron chi connectivity index (χ0n) is 13.6. The zero-order chi connectivity index (χ0) is 16.7. The van der Waals surface area contributed by atoms with Gasteiger partial charge in [0.1, 0.15) is 11.6 Å². The van der Waals surface area contributed by atoms with Gasteiger partial charge in [-0.05, 0) is 55.3 Å². The van der Waals surface area contributed by atoms with E-state index in [1.165, 1.54) is 6.07 Å². The molecule has 1 aromatic heterocycles. The smallest absolute Gasteiger partial charge is 0.131 e. The molecule has 0 unspecified atom stereocenters. The Kier molecular flexibility index (Phi) is 3.65. The minimum absolute atomic E-state index is 0.206. The molecule has 0 amide bonds. The fourth-order valence-electron chi connectivity index (χ4n) is 3.52. The average molecular weight is 324 g/mol. The van der Waals surface area contributed by atoms with E-state index in [0.29, 0.717) is 17.4 Å². The van der Waals surface area contributed by atoms with Crippen LogP contribution in [0.25, 0.3) is 22.0 Å². The number of H-pyrrole nitrogens is 1. The molecule has 0 aliphatic carbocycles. The Hall–Kier alpha value is -2.53. The van der Waals surface area contributed by atoms with Crippen LogP contribution in [-0.4, -0.2) is 24.1 Å². The van der Waals surface area contributed by atoms with Crippen LogP contribution in [0.4, 0.5) is 15.9 Å². The predicted molar refractivity (Wildman–Crippen MR) is 97.7 cm³/mol. The van der Waals surface area contributed by atoms with Crippen molar-refractivity contribution in [3.05, 3.63) is 47.8 Å². The number of nitrogens with one attached hydrogen (secondary N) is 3. The summed E-state index contributed by atoms with van der Waals surface area (Å²) in [6.45, 7) is 3.88. The SMILES string of the molecule is Cc1cccc(F)c1-c1cc(N[C@@H]2CCNC2)c2cc(N)[nH]c2c1. The Morgan fingerprint density at radius 1 is 1.25 bits per heavy atom. The van der Waals surface area contributed by atoms with Crippen molar-refractivity contribution in [1.82, 2.24) is 10.3 Å². The molecule has 0 saturated carbocycles. The van der Waals surface area contributed by atoms with Crippen molar-refractivity contribution < 1.29 is 4.39 Å². The number of aromatic nitrogens is 1. The summed E-state index contributed by atoms with van der Waals surface area (Å²) in [5.41, 5.74) is 10.3. The first-order valence-corrected chi connectivity index (χ1v) is 8.27. The topological polar surface area (TPSA) is 65.9 Å². The number of nitrogen functional groups attached to an aromatic ring is 1. The van der Waals surface area contributed by atoms with E-state index >= 15 is 0 Å². The normalized spacial score (nSPS) is 17.5. The fraction of sp³-hybridized carbons (Fsp3) is 0.263. The molecule has 124 valence electrons. The van der Waals surface area contributed by atoms with Crippen LogP contribution in [0.1, 0.15) is 12.0 Å². The van der Waals surface area contributed by atoms with E-state index in [0.717, 1.165) is 47.2 Å². The monoisotopic (exact) mass is 324 g/mol. The summed E-state index contributed by atoms with van der Waals surface area (Å²) in [5, 5.41) is 7.98. The summed E-state index contributed by atoms with van der Waals surface area (Å²) in [7, 11) is 0. The second-order valence-corrected chi connectivity index (χ2v) is 6.48. The van der Waals surface area contributed by atoms with E-state index < -0.39 is 0 Å². The summed E-state index contributed by atoms with van der Waals surface area (Å²) < 4.78 is 14.4. The van der Waals surface area contributed by atoms with E-state index in [9.17, 15) is 4.39 Å². The van der Waals surface area contributed by atoms with E-state index in [2.05, 4.69) is 15.6 Å². The van der Waals surface area contributed by atoms with Crippen LogP contribution in [-0.2, 0) is 0 Å². The summed E-state index contributed by atoms with van der Waals surface area (Å²) in [6, 6.07) is 11.5. The van der Waals surface area contributed by atoms with Crippen LogP contribution in [0.2, 0.25) is 0 Å². The molecule has 2 heterocycles. The maximum atomic E-state index is 14.4. The Bertz CT molecular complexity index is 874. The van der Waals surface area contributed by atoms with Crippen molar-refractivity contribution in [2.75, 3.05) is 24.1 Å². The lowest BCUT2D eigenvalue weighted by Gasteiger charge is -2.16. The minimum atomic E-state index is -0.206. The van der Waals surface area contributed by atoms with E-state index in [-0.39, 0.29) is 5.82 Å². The van der Waals surface area contributed by atoms with E-state index in [1.807, 2.05) is 31.2 Å². The number of anilines is 2. The number of hydrogen-bond donors (Lipinski definition) is 4. The number of benzene rings is 2. The molecule has 1 aliphatic heterocycles. The third kappa shape index (κ3) is 2.61. The molecular weight excluding hydrogens is 303 g/mol. The van der Waals surface area contributed by atoms with Crippen molar-refractivity contribution in [3.63, 3.8) is 0 Å². The number of rotatable bonds is 3. The lowest BCUT2D eigenvalue weighted by atomic mass is 9.98. The Morgan fingerprint density at radius 3 is 2.88 bits per heavy atom. The van der Waals surface area contributed by atoms with Crippen LogP contribution < -0.4 is 16.4 Å². The van der Waals surface area contributed by atoms with Gasteiger partial charge in [-0.15, -0.1) is 0 Å². The number of hydrogen-bond acceptors (Lipinski definition) is 3. The number of nitrogens with two attached hydrogens (primary N) is 1. The van der Waals surface area contributed by atoms with Crippen molar-refractivity contribution in [2.45, 2.75) is 19.4 Å². The quantitative estimate of drug-likeness (QED) is 0.595. The molecule has 3 aromatic rings. The van der Waals surface area contributed by atoms with Crippen LogP contribution in [0.3, 0.4) is 0 Å². The average Bonchev–Trinajstić information content (AvgIpc) is 3.16. The molecule has 4 nitrogen and oxygen atoms in total. The Labute approximate surface area is 140 Å². The molecule has 0 bridgehead atoms. The summed E-state index contributed by atoms with van der Waals surface area (Å²) in [4.78, 5) is 3.17. The number of halogens is 1. The predicted octanol–water partition coefficient (Wildman–Crippen LogP) is 3.64. The van der Waals surface area contributed by atoms with Gasteiger partial charge in [0.2, 0.25) is 0 Å². The van der Waals surface area contributed by atoms with Gasteiger partial charge in [-0.25, -0.2) is 4.39 Å². The Balaban J connectivity index is 1.87. The first-order chi connectivity index (χ1) is 11.6. The molecule has 2 aromatic carbocycles. The van der Waals surface area contributed by atoms with Crippen LogP contribution >= 0.6 is 0 Å². The maximum absolute atomic E-state index is 14.4. The maximum Gasteiger partial charge on any atom is 0.131 e. The number of fused-ring (bicyclic) bond motifs is 1. The third-order valence-electron chi connectivity index (χ3n) is 4.69. The molecule has 1 fully saturated rings. The molecule has 5 heteroatoms. The molecule has 1 aliphatic rings.